The van der Waals surface area contributed by atoms with Crippen LogP contribution in [0.1, 0.15) is 16.7 Å². The second kappa shape index (κ2) is 9.98. The molecule has 0 aliphatic rings. The van der Waals surface area contributed by atoms with Gasteiger partial charge in [0.2, 0.25) is 0 Å². The molecule has 0 aliphatic heterocycles. The van der Waals surface area contributed by atoms with Gasteiger partial charge >= 0.3 is 0 Å². The summed E-state index contributed by atoms with van der Waals surface area (Å²) in [6.07, 6.45) is 1.45. The number of nitrogens with one attached hydrogen (secondary N) is 1. The maximum absolute atomic E-state index is 12.5. The number of rotatable bonds is 6. The molecular weight excluding hydrogens is 419 g/mol. The Morgan fingerprint density at radius 2 is 1.80 bits per heavy atom. The summed E-state index contributed by atoms with van der Waals surface area (Å²) in [6, 6.07) is 21.7. The van der Waals surface area contributed by atoms with Gasteiger partial charge < -0.3 is 10.1 Å². The van der Waals surface area contributed by atoms with E-state index < -0.39 is 5.91 Å². The van der Waals surface area contributed by atoms with Gasteiger partial charge in [-0.15, -0.1) is 0 Å². The zero-order chi connectivity index (χ0) is 21.5. The molecule has 30 heavy (non-hydrogen) atoms. The Morgan fingerprint density at radius 3 is 2.50 bits per heavy atom. The van der Waals surface area contributed by atoms with E-state index in [0.717, 1.165) is 5.56 Å². The number of anilines is 1. The van der Waals surface area contributed by atoms with Crippen LogP contribution in [0, 0.1) is 18.3 Å². The summed E-state index contributed by atoms with van der Waals surface area (Å²) in [7, 11) is 0. The molecule has 0 spiro atoms. The van der Waals surface area contributed by atoms with Crippen LogP contribution in [0.15, 0.2) is 72.3 Å². The van der Waals surface area contributed by atoms with Crippen LogP contribution in [-0.4, -0.2) is 5.91 Å². The summed E-state index contributed by atoms with van der Waals surface area (Å²) in [5.74, 6) is -0.0347. The Labute approximate surface area is 185 Å². The van der Waals surface area contributed by atoms with E-state index in [9.17, 15) is 10.1 Å². The third-order valence-electron chi connectivity index (χ3n) is 4.23. The number of halogens is 2. The first-order valence-electron chi connectivity index (χ1n) is 9.11. The fourth-order valence-electron chi connectivity index (χ4n) is 2.68. The summed E-state index contributed by atoms with van der Waals surface area (Å²) < 4.78 is 5.92. The molecule has 0 heterocycles. The van der Waals surface area contributed by atoms with Crippen molar-refractivity contribution in [3.8, 4) is 11.8 Å². The molecule has 0 aliphatic carbocycles. The predicted molar refractivity (Wildman–Crippen MR) is 121 cm³/mol. The van der Waals surface area contributed by atoms with Crippen molar-refractivity contribution in [1.82, 2.24) is 0 Å². The van der Waals surface area contributed by atoms with E-state index in [-0.39, 0.29) is 5.57 Å². The molecule has 4 nitrogen and oxygen atoms in total. The minimum absolute atomic E-state index is 0.0857. The van der Waals surface area contributed by atoms with Crippen molar-refractivity contribution in [1.29, 1.82) is 5.26 Å². The number of nitrogens with zero attached hydrogens (tertiary/aromatic N) is 1. The van der Waals surface area contributed by atoms with Crippen LogP contribution >= 0.6 is 23.2 Å². The van der Waals surface area contributed by atoms with Gasteiger partial charge in [0.05, 0.1) is 0 Å². The molecule has 0 fully saturated rings. The minimum Gasteiger partial charge on any atom is -0.488 e. The number of nitriles is 1. The molecule has 0 bridgehead atoms. The van der Waals surface area contributed by atoms with Crippen LogP contribution in [0.3, 0.4) is 0 Å². The van der Waals surface area contributed by atoms with Gasteiger partial charge in [0.1, 0.15) is 24.0 Å². The van der Waals surface area contributed by atoms with Gasteiger partial charge in [0.15, 0.2) is 0 Å². The Bertz CT molecular complexity index is 1130. The smallest absolute Gasteiger partial charge is 0.266 e. The highest BCUT2D eigenvalue weighted by Crippen LogP contribution is 2.27. The van der Waals surface area contributed by atoms with E-state index in [1.54, 1.807) is 42.5 Å². The lowest BCUT2D eigenvalue weighted by molar-refractivity contribution is -0.112. The van der Waals surface area contributed by atoms with E-state index in [1.807, 2.05) is 37.3 Å². The molecule has 0 radical (unpaired) electrons. The van der Waals surface area contributed by atoms with Crippen LogP contribution in [0.25, 0.3) is 6.08 Å². The number of hydrogen-bond acceptors (Lipinski definition) is 3. The van der Waals surface area contributed by atoms with Gasteiger partial charge in [-0.25, -0.2) is 0 Å². The monoisotopic (exact) mass is 436 g/mol. The molecule has 1 N–H and O–H groups in total. The standard InChI is InChI=1S/C24H18Cl2N2O2/c1-16-5-7-17(8-6-16)15-30-23-10-9-21(26)12-18(23)11-19(14-27)24(29)28-22-4-2-3-20(25)13-22/h2-13H,15H2,1H3,(H,28,29)/b19-11+. The largest absolute Gasteiger partial charge is 0.488 e. The van der Waals surface area contributed by atoms with Crippen LogP contribution < -0.4 is 10.1 Å². The fourth-order valence-corrected chi connectivity index (χ4v) is 3.05. The summed E-state index contributed by atoms with van der Waals surface area (Å²) in [5.41, 5.74) is 3.11. The fraction of sp³-hybridized carbons (Fsp3) is 0.0833. The van der Waals surface area contributed by atoms with Crippen molar-refractivity contribution < 1.29 is 9.53 Å². The average molecular weight is 437 g/mol. The molecule has 0 aromatic heterocycles. The Kier molecular flexibility index (Phi) is 7.13. The first-order chi connectivity index (χ1) is 14.4. The van der Waals surface area contributed by atoms with Gasteiger partial charge in [-0.05, 0) is 55.0 Å². The SMILES string of the molecule is Cc1ccc(COc2ccc(Cl)cc2/C=C(\C#N)C(=O)Nc2cccc(Cl)c2)cc1. The highest BCUT2D eigenvalue weighted by atomic mass is 35.5. The second-order valence-corrected chi connectivity index (χ2v) is 7.46. The number of amides is 1. The molecule has 150 valence electrons. The summed E-state index contributed by atoms with van der Waals surface area (Å²) in [5, 5.41) is 13.1. The molecule has 0 atom stereocenters. The number of aryl methyl sites for hydroxylation is 1. The maximum atomic E-state index is 12.5. The first-order valence-corrected chi connectivity index (χ1v) is 9.87. The van der Waals surface area contributed by atoms with E-state index in [1.165, 1.54) is 11.6 Å². The van der Waals surface area contributed by atoms with Crippen LogP contribution in [0.4, 0.5) is 5.69 Å². The van der Waals surface area contributed by atoms with Gasteiger partial charge in [-0.1, -0.05) is 59.1 Å². The van der Waals surface area contributed by atoms with Crippen molar-refractivity contribution in [2.24, 2.45) is 0 Å². The van der Waals surface area contributed by atoms with Crippen molar-refractivity contribution in [3.63, 3.8) is 0 Å². The average Bonchev–Trinajstić information content (AvgIpc) is 2.72. The number of carbonyl (C=O) groups is 1. The third-order valence-corrected chi connectivity index (χ3v) is 4.70. The molecule has 3 aromatic carbocycles. The summed E-state index contributed by atoms with van der Waals surface area (Å²) in [6.45, 7) is 2.37. The lowest BCUT2D eigenvalue weighted by Crippen LogP contribution is -2.13. The topological polar surface area (TPSA) is 62.1 Å². The van der Waals surface area contributed by atoms with Crippen LogP contribution in [-0.2, 0) is 11.4 Å². The minimum atomic E-state index is -0.552. The molecule has 1 amide bonds. The van der Waals surface area contributed by atoms with E-state index in [0.29, 0.717) is 33.7 Å². The quantitative estimate of drug-likeness (QED) is 0.357. The molecule has 3 rings (SSSR count). The van der Waals surface area contributed by atoms with Crippen LogP contribution in [0.2, 0.25) is 10.0 Å². The molecular formula is C24H18Cl2N2O2. The zero-order valence-electron chi connectivity index (χ0n) is 16.2. The second-order valence-electron chi connectivity index (χ2n) is 6.59. The summed E-state index contributed by atoms with van der Waals surface area (Å²) in [4.78, 5) is 12.5. The van der Waals surface area contributed by atoms with Gasteiger partial charge in [0, 0.05) is 21.3 Å². The van der Waals surface area contributed by atoms with Gasteiger partial charge in [-0.2, -0.15) is 5.26 Å². The first kappa shape index (κ1) is 21.4. The summed E-state index contributed by atoms with van der Waals surface area (Å²) >= 11 is 12.1. The Hall–Kier alpha value is -3.26. The van der Waals surface area contributed by atoms with E-state index in [4.69, 9.17) is 27.9 Å². The Morgan fingerprint density at radius 1 is 1.07 bits per heavy atom. The molecule has 3 aromatic rings. The lowest BCUT2D eigenvalue weighted by Gasteiger charge is -2.11. The highest BCUT2D eigenvalue weighted by Gasteiger charge is 2.12. The number of benzene rings is 3. The maximum Gasteiger partial charge on any atom is 0.266 e. The normalized spacial score (nSPS) is 10.9. The number of carbonyl (C=O) groups excluding carboxylic acids is 1. The van der Waals surface area contributed by atoms with Crippen LogP contribution in [0.5, 0.6) is 5.75 Å². The number of hydrogen-bond donors (Lipinski definition) is 1. The van der Waals surface area contributed by atoms with E-state index in [2.05, 4.69) is 5.32 Å². The lowest BCUT2D eigenvalue weighted by atomic mass is 10.1. The van der Waals surface area contributed by atoms with Crippen molar-refractivity contribution in [2.75, 3.05) is 5.32 Å². The molecule has 6 heteroatoms. The molecule has 0 unspecified atom stereocenters. The predicted octanol–water partition coefficient (Wildman–Crippen LogP) is 6.43. The Balaban J connectivity index is 1.82. The van der Waals surface area contributed by atoms with E-state index >= 15 is 0 Å². The third kappa shape index (κ3) is 5.87. The number of ether oxygens (including phenoxy) is 1. The molecule has 0 saturated heterocycles. The molecule has 0 saturated carbocycles. The van der Waals surface area contributed by atoms with Gasteiger partial charge in [-0.3, -0.25) is 4.79 Å². The van der Waals surface area contributed by atoms with Crippen molar-refractivity contribution in [2.45, 2.75) is 13.5 Å². The zero-order valence-corrected chi connectivity index (χ0v) is 17.7. The van der Waals surface area contributed by atoms with Gasteiger partial charge in [0.25, 0.3) is 5.91 Å². The van der Waals surface area contributed by atoms with Crippen molar-refractivity contribution in [3.05, 3.63) is 99.0 Å². The van der Waals surface area contributed by atoms with Crippen molar-refractivity contribution >= 4 is 40.9 Å². The highest BCUT2D eigenvalue weighted by molar-refractivity contribution is 6.31.